The van der Waals surface area contributed by atoms with E-state index in [0.29, 0.717) is 13.1 Å². The van der Waals surface area contributed by atoms with Crippen molar-refractivity contribution >= 4 is 29.0 Å². The second-order valence-electron chi connectivity index (χ2n) is 10.6. The van der Waals surface area contributed by atoms with Crippen LogP contribution in [-0.4, -0.2) is 58.4 Å². The molecule has 6 nitrogen and oxygen atoms in total. The molecule has 0 unspecified atom stereocenters. The van der Waals surface area contributed by atoms with Crippen molar-refractivity contribution < 1.29 is 9.53 Å². The fourth-order valence-corrected chi connectivity index (χ4v) is 4.70. The van der Waals surface area contributed by atoms with Gasteiger partial charge in [0.05, 0.1) is 5.69 Å². The van der Waals surface area contributed by atoms with Crippen LogP contribution < -0.4 is 0 Å². The predicted octanol–water partition coefficient (Wildman–Crippen LogP) is 8.21. The lowest BCUT2D eigenvalue weighted by Gasteiger charge is -2.38. The normalized spacial score (nSPS) is 15.1. The number of rotatable bonds is 7. The molecule has 0 N–H and O–H groups in total. The largest absolute Gasteiger partial charge is 0.444 e. The Balaban J connectivity index is 0.000000469. The zero-order chi connectivity index (χ0) is 29.7. The molecule has 0 spiro atoms. The van der Waals surface area contributed by atoms with Gasteiger partial charge >= 0.3 is 6.09 Å². The number of carbonyl (C=O) groups is 1. The molecule has 1 amide bonds. The molecule has 0 aliphatic carbocycles. The topological polar surface area (TPSA) is 58.0 Å². The summed E-state index contributed by atoms with van der Waals surface area (Å²) in [5, 5.41) is 0.839. The first-order chi connectivity index (χ1) is 19.0. The number of benzene rings is 1. The number of amides is 1. The molecule has 216 valence electrons. The number of hydrogen-bond donors (Lipinski definition) is 0. The summed E-state index contributed by atoms with van der Waals surface area (Å²) in [6, 6.07) is 13.9. The van der Waals surface area contributed by atoms with Gasteiger partial charge in [0.1, 0.15) is 5.60 Å². The van der Waals surface area contributed by atoms with Crippen molar-refractivity contribution in [2.75, 3.05) is 26.2 Å². The molecule has 1 aliphatic rings. The molecule has 1 fully saturated rings. The van der Waals surface area contributed by atoms with Gasteiger partial charge in [-0.1, -0.05) is 55.8 Å². The number of hydrogen-bond acceptors (Lipinski definition) is 5. The second-order valence-corrected chi connectivity index (χ2v) is 11.0. The second kappa shape index (κ2) is 16.0. The maximum absolute atomic E-state index is 12.4. The van der Waals surface area contributed by atoms with Crippen LogP contribution in [-0.2, 0) is 11.2 Å². The van der Waals surface area contributed by atoms with E-state index < -0.39 is 5.60 Å². The molecule has 3 rings (SSSR count). The fourth-order valence-electron chi connectivity index (χ4n) is 4.49. The third-order valence-electron chi connectivity index (χ3n) is 6.34. The van der Waals surface area contributed by atoms with Crippen molar-refractivity contribution in [3.8, 4) is 0 Å². The number of nitrogens with zero attached hydrogens (tertiary/aromatic N) is 4. The van der Waals surface area contributed by atoms with E-state index in [1.165, 1.54) is 12.0 Å². The molecule has 1 aliphatic heterocycles. The van der Waals surface area contributed by atoms with Crippen LogP contribution in [0.3, 0.4) is 0 Å². The minimum Gasteiger partial charge on any atom is -0.444 e. The molecule has 40 heavy (non-hydrogen) atoms. The first-order valence-corrected chi connectivity index (χ1v) is 14.3. The Morgan fingerprint density at radius 1 is 1.10 bits per heavy atom. The van der Waals surface area contributed by atoms with Gasteiger partial charge < -0.3 is 14.5 Å². The minimum absolute atomic E-state index is 0.254. The summed E-state index contributed by atoms with van der Waals surface area (Å²) in [4.78, 5) is 25.5. The quantitative estimate of drug-likeness (QED) is 0.251. The highest BCUT2D eigenvalue weighted by molar-refractivity contribution is 6.30. The van der Waals surface area contributed by atoms with Gasteiger partial charge in [-0.15, -0.1) is 0 Å². The number of piperazine rings is 1. The van der Waals surface area contributed by atoms with E-state index in [9.17, 15) is 4.79 Å². The first-order valence-electron chi connectivity index (χ1n) is 13.9. The van der Waals surface area contributed by atoms with Crippen LogP contribution >= 0.6 is 11.6 Å². The molecule has 7 heteroatoms. The lowest BCUT2D eigenvalue weighted by molar-refractivity contribution is 0.0168. The average Bonchev–Trinajstić information content (AvgIpc) is 2.91. The van der Waals surface area contributed by atoms with Crippen molar-refractivity contribution in [3.05, 3.63) is 95.1 Å². The molecule has 1 aromatic heterocycles. The molecular formula is C33H45ClN4O2. The smallest absolute Gasteiger partial charge is 0.410 e. The van der Waals surface area contributed by atoms with Crippen molar-refractivity contribution in [2.45, 2.75) is 66.9 Å². The van der Waals surface area contributed by atoms with Crippen molar-refractivity contribution in [2.24, 2.45) is 4.99 Å². The highest BCUT2D eigenvalue weighted by Gasteiger charge is 2.27. The highest BCUT2D eigenvalue weighted by atomic mass is 35.5. The van der Waals surface area contributed by atoms with Crippen LogP contribution in [0, 0.1) is 0 Å². The number of pyridine rings is 1. The van der Waals surface area contributed by atoms with E-state index in [-0.39, 0.29) is 6.09 Å². The molecule has 0 bridgehead atoms. The van der Waals surface area contributed by atoms with E-state index in [1.807, 2.05) is 71.0 Å². The van der Waals surface area contributed by atoms with Gasteiger partial charge in [-0.2, -0.15) is 0 Å². The number of carbonyl (C=O) groups excluding carboxylic acids is 1. The number of aliphatic imine (C=N–C) groups is 1. The van der Waals surface area contributed by atoms with Crippen LogP contribution in [0.2, 0.25) is 5.02 Å². The summed E-state index contributed by atoms with van der Waals surface area (Å²) in [6.45, 7) is 20.4. The van der Waals surface area contributed by atoms with Crippen LogP contribution in [0.5, 0.6) is 0 Å². The number of aromatic nitrogens is 1. The van der Waals surface area contributed by atoms with E-state index >= 15 is 0 Å². The zero-order valence-electron chi connectivity index (χ0n) is 25.2. The van der Waals surface area contributed by atoms with Gasteiger partial charge in [0, 0.05) is 66.2 Å². The molecule has 2 heterocycles. The van der Waals surface area contributed by atoms with Crippen LogP contribution in [0.1, 0.15) is 66.1 Å². The summed E-state index contributed by atoms with van der Waals surface area (Å²) in [5.74, 6) is 0. The third-order valence-corrected chi connectivity index (χ3v) is 6.58. The van der Waals surface area contributed by atoms with Crippen LogP contribution in [0.4, 0.5) is 4.79 Å². The summed E-state index contributed by atoms with van der Waals surface area (Å²) in [5.41, 5.74) is 5.82. The molecule has 1 aromatic carbocycles. The predicted molar refractivity (Wildman–Crippen MR) is 169 cm³/mol. The Bertz CT molecular complexity index is 1200. The molecule has 0 radical (unpaired) electrons. The van der Waals surface area contributed by atoms with Crippen molar-refractivity contribution in [3.63, 3.8) is 0 Å². The average molecular weight is 565 g/mol. The first kappa shape index (κ1) is 32.8. The lowest BCUT2D eigenvalue weighted by Crippen LogP contribution is -2.49. The molecular weight excluding hydrogens is 520 g/mol. The van der Waals surface area contributed by atoms with Gasteiger partial charge in [-0.3, -0.25) is 9.98 Å². The maximum atomic E-state index is 12.4. The van der Waals surface area contributed by atoms with Gasteiger partial charge in [-0.05, 0) is 77.8 Å². The van der Waals surface area contributed by atoms with Crippen LogP contribution in [0.25, 0.3) is 5.57 Å². The summed E-state index contributed by atoms with van der Waals surface area (Å²) in [7, 11) is 0. The highest BCUT2D eigenvalue weighted by Crippen LogP contribution is 2.28. The third kappa shape index (κ3) is 10.3. The number of aryl methyl sites for hydroxylation is 1. The van der Waals surface area contributed by atoms with E-state index in [4.69, 9.17) is 16.3 Å². The number of ether oxygens (including phenoxy) is 1. The minimum atomic E-state index is -0.487. The van der Waals surface area contributed by atoms with Gasteiger partial charge in [0.15, 0.2) is 0 Å². The number of halogens is 1. The Hall–Kier alpha value is -3.38. The van der Waals surface area contributed by atoms with Crippen LogP contribution in [0.15, 0.2) is 83.8 Å². The SMILES string of the molecule is C=CN=C(C)C(/C(=C\C)c1ccccn1)=C(\C)N1CCN(C(=O)OC(C)(C)C)CC1.CCCc1cccc(Cl)c1. The molecule has 1 saturated heterocycles. The monoisotopic (exact) mass is 564 g/mol. The molecule has 0 saturated carbocycles. The zero-order valence-corrected chi connectivity index (χ0v) is 26.0. The maximum Gasteiger partial charge on any atom is 0.410 e. The Morgan fingerprint density at radius 2 is 1.77 bits per heavy atom. The van der Waals surface area contributed by atoms with E-state index in [0.717, 1.165) is 52.8 Å². The van der Waals surface area contributed by atoms with Crippen molar-refractivity contribution in [1.29, 1.82) is 0 Å². The standard InChI is InChI=1S/C24H34N4O2.C9H11Cl/c1-8-20(21-12-10-11-13-26-21)22(18(3)25-9-2)19(4)27-14-16-28(17-15-27)23(29)30-24(5,6)7;1-2-4-8-5-3-6-9(10)7-8/h8-13H,2,14-17H2,1,3-7H3;3,5-7H,2,4H2,1H3/b20-8-,22-19-,25-18?;. The van der Waals surface area contributed by atoms with E-state index in [2.05, 4.69) is 47.4 Å². The summed E-state index contributed by atoms with van der Waals surface area (Å²) < 4.78 is 5.51. The van der Waals surface area contributed by atoms with Crippen molar-refractivity contribution in [1.82, 2.24) is 14.8 Å². The molecule has 2 aromatic rings. The Labute approximate surface area is 246 Å². The van der Waals surface area contributed by atoms with E-state index in [1.54, 1.807) is 17.3 Å². The van der Waals surface area contributed by atoms with Gasteiger partial charge in [-0.25, -0.2) is 4.79 Å². The van der Waals surface area contributed by atoms with Gasteiger partial charge in [0.2, 0.25) is 0 Å². The Morgan fingerprint density at radius 3 is 2.30 bits per heavy atom. The Kier molecular flexibility index (Phi) is 13.1. The fraction of sp³-hybridized carbons (Fsp3) is 0.424. The lowest BCUT2D eigenvalue weighted by atomic mass is 9.95. The number of allylic oxidation sites excluding steroid dienone is 4. The van der Waals surface area contributed by atoms with Gasteiger partial charge in [0.25, 0.3) is 0 Å². The summed E-state index contributed by atoms with van der Waals surface area (Å²) >= 11 is 5.78. The molecule has 0 atom stereocenters. The summed E-state index contributed by atoms with van der Waals surface area (Å²) in [6.07, 6.45) is 7.48.